The first-order chi connectivity index (χ1) is 14.8. The zero-order valence-electron chi connectivity index (χ0n) is 18.8. The number of aliphatic hydroxyl groups excluding tert-OH is 1. The summed E-state index contributed by atoms with van der Waals surface area (Å²) in [4.78, 5) is 2.46. The number of hydrogen-bond acceptors (Lipinski definition) is 5. The molecule has 0 unspecified atom stereocenters. The first kappa shape index (κ1) is 22.6. The van der Waals surface area contributed by atoms with E-state index in [0.717, 1.165) is 37.4 Å². The second-order valence-electron chi connectivity index (χ2n) is 9.61. The van der Waals surface area contributed by atoms with E-state index >= 15 is 0 Å². The van der Waals surface area contributed by atoms with Crippen LogP contribution in [-0.4, -0.2) is 68.2 Å². The zero-order chi connectivity index (χ0) is 22.2. The van der Waals surface area contributed by atoms with Crippen molar-refractivity contribution in [2.45, 2.75) is 56.6 Å². The Morgan fingerprint density at radius 2 is 2.00 bits per heavy atom. The third kappa shape index (κ3) is 5.43. The Kier molecular flexibility index (Phi) is 6.64. The van der Waals surface area contributed by atoms with Crippen LogP contribution in [0.4, 0.5) is 0 Å². The molecule has 1 aromatic carbocycles. The highest BCUT2D eigenvalue weighted by Crippen LogP contribution is 2.35. The third-order valence-electron chi connectivity index (χ3n) is 6.42. The van der Waals surface area contributed by atoms with Crippen molar-refractivity contribution in [2.75, 3.05) is 33.3 Å². The minimum absolute atomic E-state index is 0.0280. The van der Waals surface area contributed by atoms with Gasteiger partial charge in [-0.15, -0.1) is 0 Å². The topological polar surface area (TPSA) is 70.1 Å². The molecule has 2 aliphatic carbocycles. The lowest BCUT2D eigenvalue weighted by Crippen LogP contribution is -2.49. The van der Waals surface area contributed by atoms with E-state index < -0.39 is 16.1 Å². The van der Waals surface area contributed by atoms with Crippen LogP contribution in [0.25, 0.3) is 0 Å². The summed E-state index contributed by atoms with van der Waals surface area (Å²) in [6, 6.07) is 4.64. The molecule has 0 amide bonds. The molecule has 2 fully saturated rings. The largest absolute Gasteiger partial charge is 0.487 e. The molecule has 1 heterocycles. The van der Waals surface area contributed by atoms with E-state index in [0.29, 0.717) is 18.2 Å². The van der Waals surface area contributed by atoms with Crippen molar-refractivity contribution in [3.63, 3.8) is 0 Å². The zero-order valence-corrected chi connectivity index (χ0v) is 19.6. The number of sulfonamides is 1. The molecule has 0 bridgehead atoms. The molecule has 3 aliphatic rings. The van der Waals surface area contributed by atoms with E-state index in [2.05, 4.69) is 23.8 Å². The third-order valence-corrected chi connectivity index (χ3v) is 8.44. The molecule has 0 aromatic heterocycles. The Balaban J connectivity index is 1.69. The van der Waals surface area contributed by atoms with Gasteiger partial charge in [-0.2, -0.15) is 4.31 Å². The quantitative estimate of drug-likeness (QED) is 0.680. The molecular weight excluding hydrogens is 412 g/mol. The van der Waals surface area contributed by atoms with Gasteiger partial charge in [-0.1, -0.05) is 18.8 Å². The first-order valence-electron chi connectivity index (χ1n) is 11.4. The Morgan fingerprint density at radius 3 is 2.65 bits per heavy atom. The Hall–Kier alpha value is -1.59. The van der Waals surface area contributed by atoms with Crippen LogP contribution in [0.3, 0.4) is 0 Å². The van der Waals surface area contributed by atoms with Crippen LogP contribution < -0.4 is 4.74 Å². The highest BCUT2D eigenvalue weighted by molar-refractivity contribution is 7.89. The van der Waals surface area contributed by atoms with Crippen LogP contribution in [0.1, 0.15) is 45.1 Å². The smallest absolute Gasteiger partial charge is 0.247 e. The van der Waals surface area contributed by atoms with E-state index in [-0.39, 0.29) is 23.5 Å². The summed E-state index contributed by atoms with van der Waals surface area (Å²) >= 11 is 0. The lowest BCUT2D eigenvalue weighted by molar-refractivity contribution is 0.0740. The van der Waals surface area contributed by atoms with E-state index in [1.807, 2.05) is 6.92 Å². The van der Waals surface area contributed by atoms with Gasteiger partial charge in [0.2, 0.25) is 10.0 Å². The van der Waals surface area contributed by atoms with Crippen molar-refractivity contribution in [3.05, 3.63) is 23.8 Å². The predicted octanol–water partition coefficient (Wildman–Crippen LogP) is 2.56. The summed E-state index contributed by atoms with van der Waals surface area (Å²) in [5, 5.41) is 9.74. The summed E-state index contributed by atoms with van der Waals surface area (Å²) in [7, 11) is -1.69. The van der Waals surface area contributed by atoms with Crippen LogP contribution >= 0.6 is 0 Å². The van der Waals surface area contributed by atoms with Gasteiger partial charge in [-0.3, -0.25) is 0 Å². The average molecular weight is 447 g/mol. The molecule has 0 spiro atoms. The van der Waals surface area contributed by atoms with Crippen LogP contribution in [0.15, 0.2) is 23.1 Å². The molecule has 6 nitrogen and oxygen atoms in total. The minimum atomic E-state index is -3.80. The van der Waals surface area contributed by atoms with Gasteiger partial charge in [0.25, 0.3) is 0 Å². The van der Waals surface area contributed by atoms with Crippen molar-refractivity contribution in [1.82, 2.24) is 9.21 Å². The summed E-state index contributed by atoms with van der Waals surface area (Å²) in [5.74, 6) is 8.00. The average Bonchev–Trinajstić information content (AvgIpc) is 3.64. The van der Waals surface area contributed by atoms with Crippen LogP contribution in [0.5, 0.6) is 5.75 Å². The van der Waals surface area contributed by atoms with Gasteiger partial charge in [0.15, 0.2) is 0 Å². The van der Waals surface area contributed by atoms with E-state index in [1.54, 1.807) is 25.1 Å². The normalized spacial score (nSPS) is 26.7. The van der Waals surface area contributed by atoms with Crippen molar-refractivity contribution < 1.29 is 18.3 Å². The fourth-order valence-corrected chi connectivity index (χ4v) is 5.88. The second-order valence-corrected chi connectivity index (χ2v) is 11.5. The molecule has 0 radical (unpaired) electrons. The van der Waals surface area contributed by atoms with E-state index in [4.69, 9.17) is 4.74 Å². The maximum Gasteiger partial charge on any atom is 0.247 e. The Labute approximate surface area is 186 Å². The molecule has 3 atom stereocenters. The number of hydrogen-bond donors (Lipinski definition) is 1. The lowest BCUT2D eigenvalue weighted by Gasteiger charge is -2.37. The van der Waals surface area contributed by atoms with E-state index in [1.165, 1.54) is 17.1 Å². The van der Waals surface area contributed by atoms with Gasteiger partial charge >= 0.3 is 0 Å². The monoisotopic (exact) mass is 446 g/mol. The number of aliphatic hydroxyl groups is 1. The van der Waals surface area contributed by atoms with Crippen molar-refractivity contribution in [1.29, 1.82) is 0 Å². The van der Waals surface area contributed by atoms with Gasteiger partial charge in [0, 0.05) is 43.1 Å². The fourth-order valence-electron chi connectivity index (χ4n) is 4.06. The Morgan fingerprint density at radius 1 is 1.26 bits per heavy atom. The second kappa shape index (κ2) is 9.11. The molecule has 1 aliphatic heterocycles. The first-order valence-corrected chi connectivity index (χ1v) is 12.9. The predicted molar refractivity (Wildman–Crippen MR) is 120 cm³/mol. The molecule has 0 saturated heterocycles. The molecule has 1 N–H and O–H groups in total. The number of nitrogens with zero attached hydrogens (tertiary/aromatic N) is 2. The van der Waals surface area contributed by atoms with Crippen LogP contribution in [0, 0.1) is 29.6 Å². The minimum Gasteiger partial charge on any atom is -0.487 e. The summed E-state index contributed by atoms with van der Waals surface area (Å²) in [5.41, 5.74) is 0.779. The number of benzene rings is 1. The summed E-state index contributed by atoms with van der Waals surface area (Å²) in [6.45, 7) is 5.64. The van der Waals surface area contributed by atoms with Gasteiger partial charge in [0.1, 0.15) is 16.7 Å². The molecular formula is C24H34N2O4S. The fraction of sp³-hybridized carbons (Fsp3) is 0.667. The molecule has 2 saturated carbocycles. The standard InChI is InChI=1S/C24H34N2O4S/c1-17-13-26(18(2)16-27)31(28,29)24-11-10-20(7-6-19-4-5-19)12-22(24)30-23(17)15-25(3)14-21-8-9-21/h10-12,17-19,21,23,27H,4-5,8-9,13-16H2,1-3H3/t17-,18-,23-/m1/s1. The van der Waals surface area contributed by atoms with Gasteiger partial charge in [0.05, 0.1) is 6.61 Å². The van der Waals surface area contributed by atoms with Crippen LogP contribution in [0.2, 0.25) is 0 Å². The van der Waals surface area contributed by atoms with Crippen molar-refractivity contribution >= 4 is 10.0 Å². The summed E-state index contributed by atoms with van der Waals surface area (Å²) in [6.07, 6.45) is 4.71. The molecule has 4 rings (SSSR count). The molecule has 31 heavy (non-hydrogen) atoms. The molecule has 1 aromatic rings. The number of ether oxygens (including phenoxy) is 1. The Bertz CT molecular complexity index is 960. The van der Waals surface area contributed by atoms with E-state index in [9.17, 15) is 13.5 Å². The highest BCUT2D eigenvalue weighted by atomic mass is 32.2. The maximum atomic E-state index is 13.5. The highest BCUT2D eigenvalue weighted by Gasteiger charge is 2.38. The van der Waals surface area contributed by atoms with Gasteiger partial charge in [-0.25, -0.2) is 8.42 Å². The van der Waals surface area contributed by atoms with Crippen LogP contribution in [-0.2, 0) is 10.0 Å². The van der Waals surface area contributed by atoms with Crippen molar-refractivity contribution in [3.8, 4) is 17.6 Å². The lowest BCUT2D eigenvalue weighted by atomic mass is 10.0. The number of likely N-dealkylation sites (N-methyl/N-ethyl adjacent to an activating group) is 1. The maximum absolute atomic E-state index is 13.5. The van der Waals surface area contributed by atoms with Gasteiger partial charge in [-0.05, 0) is 63.8 Å². The number of fused-ring (bicyclic) bond motifs is 1. The molecule has 170 valence electrons. The van der Waals surface area contributed by atoms with Gasteiger partial charge < -0.3 is 14.7 Å². The number of rotatable bonds is 6. The summed E-state index contributed by atoms with van der Waals surface area (Å²) < 4.78 is 34.8. The van der Waals surface area contributed by atoms with Crippen molar-refractivity contribution in [2.24, 2.45) is 17.8 Å². The molecule has 7 heteroatoms. The SMILES string of the molecule is C[C@@H]1CN([C@H](C)CO)S(=O)(=O)c2ccc(C#CC3CC3)cc2O[C@@H]1CN(C)CC1CC1.